The summed E-state index contributed by atoms with van der Waals surface area (Å²) in [6.07, 6.45) is 0.126. The lowest BCUT2D eigenvalue weighted by Crippen LogP contribution is -2.49. The van der Waals surface area contributed by atoms with E-state index in [0.29, 0.717) is 43.7 Å². The molecule has 10 heteroatoms. The first-order valence-corrected chi connectivity index (χ1v) is 13.1. The van der Waals surface area contributed by atoms with Crippen LogP contribution in [-0.4, -0.2) is 58.5 Å². The number of aldehydes is 1. The molecule has 37 heavy (non-hydrogen) atoms. The third-order valence-corrected chi connectivity index (χ3v) is 7.27. The molecule has 1 heterocycles. The number of benzene rings is 3. The Kier molecular flexibility index (Phi) is 6.59. The molecule has 1 aliphatic carbocycles. The summed E-state index contributed by atoms with van der Waals surface area (Å²) in [4.78, 5) is 27.8. The molecule has 0 N–H and O–H groups in total. The van der Waals surface area contributed by atoms with Crippen LogP contribution in [0.2, 0.25) is 0 Å². The Hall–Kier alpha value is -3.92. The highest BCUT2D eigenvalue weighted by atomic mass is 32.3. The zero-order valence-corrected chi connectivity index (χ0v) is 20.9. The Morgan fingerprint density at radius 2 is 1.59 bits per heavy atom. The number of hydrogen-bond donors (Lipinski definition) is 0. The topological polar surface area (TPSA) is 93.2 Å². The predicted molar refractivity (Wildman–Crippen MR) is 136 cm³/mol. The second-order valence-corrected chi connectivity index (χ2v) is 9.99. The predicted octanol–water partition coefficient (Wildman–Crippen LogP) is 4.47. The molecular weight excluding hydrogens is 499 g/mol. The minimum absolute atomic E-state index is 0.0310. The van der Waals surface area contributed by atoms with E-state index in [4.69, 9.17) is 4.74 Å². The molecule has 0 radical (unpaired) electrons. The van der Waals surface area contributed by atoms with Gasteiger partial charge in [0.15, 0.2) is 5.75 Å². The third kappa shape index (κ3) is 5.01. The van der Waals surface area contributed by atoms with Crippen LogP contribution in [0.3, 0.4) is 0 Å². The molecule has 3 aromatic carbocycles. The highest BCUT2D eigenvalue weighted by molar-refractivity contribution is 7.81. The summed E-state index contributed by atoms with van der Waals surface area (Å²) >= 11 is 0. The molecule has 2 aliphatic rings. The van der Waals surface area contributed by atoms with Crippen molar-refractivity contribution in [2.45, 2.75) is 12.8 Å². The molecule has 1 aliphatic heterocycles. The zero-order chi connectivity index (χ0) is 26.2. The van der Waals surface area contributed by atoms with Gasteiger partial charge in [0.05, 0.1) is 0 Å². The number of rotatable bonds is 6. The molecule has 5 rings (SSSR count). The van der Waals surface area contributed by atoms with Crippen LogP contribution in [0, 0.1) is 6.92 Å². The van der Waals surface area contributed by atoms with Gasteiger partial charge in [0, 0.05) is 48.9 Å². The molecule has 1 fully saturated rings. The molecule has 0 atom stereocenters. The lowest BCUT2D eigenvalue weighted by Gasteiger charge is -2.36. The highest BCUT2D eigenvalue weighted by Crippen LogP contribution is 2.44. The fourth-order valence-corrected chi connectivity index (χ4v) is 5.49. The summed E-state index contributed by atoms with van der Waals surface area (Å²) in [7, 11) is -5.25. The smallest absolute Gasteiger partial charge is 0.448 e. The summed E-state index contributed by atoms with van der Waals surface area (Å²) in [5.74, 6) is -0.280. The standard InChI is InChI=1S/C27H25FN2O6S/c1-18-25(14-19(16-31)15-26(18)36-37(28,33)34)29-10-12-30(13-11-29)27(32)35-17-24-22-8-4-2-6-20(22)21-7-3-5-9-23(21)24/h2-9,14-16,24H,10-13,17H2,1H3. The second-order valence-electron chi connectivity index (χ2n) is 9.04. The number of piperazine rings is 1. The van der Waals surface area contributed by atoms with Crippen molar-refractivity contribution in [2.24, 2.45) is 0 Å². The average Bonchev–Trinajstić information content (AvgIpc) is 3.21. The fourth-order valence-electron chi connectivity index (χ4n) is 5.10. The maximum Gasteiger partial charge on any atom is 0.488 e. The Labute approximate surface area is 214 Å². The van der Waals surface area contributed by atoms with Crippen molar-refractivity contribution < 1.29 is 30.8 Å². The van der Waals surface area contributed by atoms with E-state index in [1.54, 1.807) is 17.9 Å². The van der Waals surface area contributed by atoms with E-state index in [-0.39, 0.29) is 23.8 Å². The molecule has 3 aromatic rings. The van der Waals surface area contributed by atoms with Crippen LogP contribution < -0.4 is 9.08 Å². The van der Waals surface area contributed by atoms with E-state index in [2.05, 4.69) is 28.4 Å². The summed E-state index contributed by atoms with van der Waals surface area (Å²) in [5, 5.41) is 0. The Morgan fingerprint density at radius 3 is 2.16 bits per heavy atom. The number of carbonyl (C=O) groups excluding carboxylic acids is 2. The van der Waals surface area contributed by atoms with Crippen molar-refractivity contribution in [3.8, 4) is 16.9 Å². The Morgan fingerprint density at radius 1 is 1.00 bits per heavy atom. The van der Waals surface area contributed by atoms with Crippen molar-refractivity contribution >= 4 is 28.6 Å². The monoisotopic (exact) mass is 524 g/mol. The van der Waals surface area contributed by atoms with E-state index in [9.17, 15) is 21.9 Å². The van der Waals surface area contributed by atoms with E-state index < -0.39 is 16.6 Å². The highest BCUT2D eigenvalue weighted by Gasteiger charge is 2.31. The van der Waals surface area contributed by atoms with Gasteiger partial charge in [-0.1, -0.05) is 52.4 Å². The van der Waals surface area contributed by atoms with Gasteiger partial charge in [0.1, 0.15) is 12.9 Å². The molecule has 8 nitrogen and oxygen atoms in total. The first kappa shape index (κ1) is 24.8. The first-order valence-electron chi connectivity index (χ1n) is 11.8. The molecule has 0 aromatic heterocycles. The molecule has 1 saturated heterocycles. The lowest BCUT2D eigenvalue weighted by molar-refractivity contribution is 0.0976. The van der Waals surface area contributed by atoms with E-state index in [1.807, 2.05) is 29.2 Å². The van der Waals surface area contributed by atoms with Crippen molar-refractivity contribution in [3.63, 3.8) is 0 Å². The maximum absolute atomic E-state index is 13.1. The normalized spacial score (nSPS) is 15.2. The summed E-state index contributed by atoms with van der Waals surface area (Å²) in [5.41, 5.74) is 5.66. The van der Waals surface area contributed by atoms with Crippen LogP contribution in [0.15, 0.2) is 60.7 Å². The van der Waals surface area contributed by atoms with Gasteiger partial charge in [-0.15, -0.1) is 0 Å². The number of fused-ring (bicyclic) bond motifs is 3. The van der Waals surface area contributed by atoms with Crippen LogP contribution in [0.1, 0.15) is 33.0 Å². The lowest BCUT2D eigenvalue weighted by atomic mass is 9.98. The largest absolute Gasteiger partial charge is 0.488 e. The summed E-state index contributed by atoms with van der Waals surface area (Å²) in [6.45, 7) is 3.36. The quantitative estimate of drug-likeness (QED) is 0.347. The van der Waals surface area contributed by atoms with Gasteiger partial charge in [0.2, 0.25) is 0 Å². The van der Waals surface area contributed by atoms with E-state index in [1.165, 1.54) is 6.07 Å². The van der Waals surface area contributed by atoms with Crippen LogP contribution in [0.25, 0.3) is 11.1 Å². The van der Waals surface area contributed by atoms with Gasteiger partial charge in [-0.2, -0.15) is 8.42 Å². The molecule has 192 valence electrons. The average molecular weight is 525 g/mol. The van der Waals surface area contributed by atoms with Crippen molar-refractivity contribution in [1.29, 1.82) is 0 Å². The first-order chi connectivity index (χ1) is 17.7. The molecule has 0 unspecified atom stereocenters. The number of anilines is 1. The SMILES string of the molecule is Cc1c(OS(=O)(=O)F)cc(C=O)cc1N1CCN(C(=O)OCC2c3ccccc3-c3ccccc32)CC1. The minimum atomic E-state index is -5.25. The Balaban J connectivity index is 1.25. The van der Waals surface area contributed by atoms with Crippen molar-refractivity contribution in [1.82, 2.24) is 4.90 Å². The van der Waals surface area contributed by atoms with E-state index >= 15 is 0 Å². The number of nitrogens with zero attached hydrogens (tertiary/aromatic N) is 2. The summed E-state index contributed by atoms with van der Waals surface area (Å²) < 4.78 is 45.3. The number of hydrogen-bond acceptors (Lipinski definition) is 7. The molecule has 0 saturated carbocycles. The maximum atomic E-state index is 13.1. The van der Waals surface area contributed by atoms with Gasteiger partial charge in [0.25, 0.3) is 0 Å². The third-order valence-electron chi connectivity index (χ3n) is 6.89. The van der Waals surface area contributed by atoms with Crippen LogP contribution in [0.4, 0.5) is 14.4 Å². The van der Waals surface area contributed by atoms with Crippen molar-refractivity contribution in [2.75, 3.05) is 37.7 Å². The van der Waals surface area contributed by atoms with E-state index in [0.717, 1.165) is 22.3 Å². The molecule has 0 bridgehead atoms. The number of carbonyl (C=O) groups is 2. The minimum Gasteiger partial charge on any atom is -0.448 e. The second kappa shape index (κ2) is 9.85. The van der Waals surface area contributed by atoms with Gasteiger partial charge in [-0.05, 0) is 41.3 Å². The van der Waals surface area contributed by atoms with Gasteiger partial charge < -0.3 is 18.7 Å². The van der Waals surface area contributed by atoms with Gasteiger partial charge >= 0.3 is 16.6 Å². The van der Waals surface area contributed by atoms with Crippen LogP contribution in [-0.2, 0) is 15.2 Å². The molecular formula is C27H25FN2O6S. The fraction of sp³-hybridized carbons (Fsp3) is 0.259. The van der Waals surface area contributed by atoms with Gasteiger partial charge in [-0.25, -0.2) is 4.79 Å². The van der Waals surface area contributed by atoms with Crippen molar-refractivity contribution in [3.05, 3.63) is 82.9 Å². The number of ether oxygens (including phenoxy) is 1. The van der Waals surface area contributed by atoms with Crippen LogP contribution in [0.5, 0.6) is 5.75 Å². The van der Waals surface area contributed by atoms with Crippen LogP contribution >= 0.6 is 0 Å². The number of amides is 1. The molecule has 1 amide bonds. The van der Waals surface area contributed by atoms with Gasteiger partial charge in [-0.3, -0.25) is 4.79 Å². The zero-order valence-electron chi connectivity index (χ0n) is 20.1. The summed E-state index contributed by atoms with van der Waals surface area (Å²) in [6, 6.07) is 19.0. The number of halogens is 1. The molecule has 0 spiro atoms. The Bertz CT molecular complexity index is 1420.